The lowest BCUT2D eigenvalue weighted by Crippen LogP contribution is -2.17. The third kappa shape index (κ3) is 4.32. The number of aryl methyl sites for hydroxylation is 1. The van der Waals surface area contributed by atoms with Crippen LogP contribution < -0.4 is 0 Å². The van der Waals surface area contributed by atoms with E-state index in [0.717, 1.165) is 18.5 Å². The lowest BCUT2D eigenvalue weighted by Gasteiger charge is -2.27. The van der Waals surface area contributed by atoms with Gasteiger partial charge in [-0.25, -0.2) is 0 Å². The van der Waals surface area contributed by atoms with Crippen LogP contribution in [0.3, 0.4) is 0 Å². The van der Waals surface area contributed by atoms with E-state index >= 15 is 0 Å². The summed E-state index contributed by atoms with van der Waals surface area (Å²) in [6, 6.07) is 11.5. The minimum Gasteiger partial charge on any atom is -0.256 e. The Bertz CT molecular complexity index is 710. The first kappa shape index (κ1) is 19.7. The van der Waals surface area contributed by atoms with Gasteiger partial charge in [0, 0.05) is 11.8 Å². The summed E-state index contributed by atoms with van der Waals surface area (Å²) in [7, 11) is 0. The Kier molecular flexibility index (Phi) is 6.08. The molecule has 2 rings (SSSR count). The van der Waals surface area contributed by atoms with Crippen LogP contribution in [0.1, 0.15) is 84.4 Å². The Morgan fingerprint density at radius 3 is 2.12 bits per heavy atom. The van der Waals surface area contributed by atoms with E-state index in [1.807, 2.05) is 6.20 Å². The minimum atomic E-state index is 0.184. The van der Waals surface area contributed by atoms with Crippen LogP contribution in [0.15, 0.2) is 36.5 Å². The molecule has 1 aromatic heterocycles. The normalized spacial score (nSPS) is 12.4. The maximum atomic E-state index is 4.74. The second kappa shape index (κ2) is 7.72. The van der Waals surface area contributed by atoms with E-state index in [4.69, 9.17) is 4.98 Å². The molecule has 1 aromatic carbocycles. The summed E-state index contributed by atoms with van der Waals surface area (Å²) in [4.78, 5) is 4.74. The van der Waals surface area contributed by atoms with Crippen molar-refractivity contribution in [2.24, 2.45) is 0 Å². The second-order valence-electron chi connectivity index (χ2n) is 8.53. The van der Waals surface area contributed by atoms with Crippen LogP contribution in [-0.2, 0) is 17.3 Å². The summed E-state index contributed by atoms with van der Waals surface area (Å²) in [5.41, 5.74) is 6.99. The van der Waals surface area contributed by atoms with Crippen molar-refractivity contribution in [2.45, 2.75) is 85.0 Å². The maximum Gasteiger partial charge on any atom is 0.0707 e. The smallest absolute Gasteiger partial charge is 0.0707 e. The van der Waals surface area contributed by atoms with E-state index in [2.05, 4.69) is 78.8 Å². The van der Waals surface area contributed by atoms with Gasteiger partial charge in [-0.1, -0.05) is 67.0 Å². The summed E-state index contributed by atoms with van der Waals surface area (Å²) in [5, 5.41) is 0. The topological polar surface area (TPSA) is 12.9 Å². The minimum absolute atomic E-state index is 0.184. The Morgan fingerprint density at radius 2 is 1.52 bits per heavy atom. The molecule has 1 heteroatoms. The van der Waals surface area contributed by atoms with Crippen LogP contribution in [0.2, 0.25) is 0 Å². The average molecular weight is 338 g/mol. The van der Waals surface area contributed by atoms with Crippen molar-refractivity contribution in [3.05, 3.63) is 53.2 Å². The zero-order valence-electron chi connectivity index (χ0n) is 17.2. The molecule has 136 valence electrons. The highest BCUT2D eigenvalue weighted by molar-refractivity contribution is 5.66. The van der Waals surface area contributed by atoms with E-state index in [9.17, 15) is 0 Å². The predicted molar refractivity (Wildman–Crippen MR) is 110 cm³/mol. The summed E-state index contributed by atoms with van der Waals surface area (Å²) >= 11 is 0. The lowest BCUT2D eigenvalue weighted by atomic mass is 9.78. The Labute approximate surface area is 154 Å². The molecule has 1 heterocycles. The zero-order valence-corrected chi connectivity index (χ0v) is 17.2. The second-order valence-corrected chi connectivity index (χ2v) is 8.53. The molecule has 0 N–H and O–H groups in total. The first-order valence-corrected chi connectivity index (χ1v) is 9.85. The van der Waals surface area contributed by atoms with Crippen LogP contribution in [0.25, 0.3) is 11.3 Å². The number of hydrogen-bond donors (Lipinski definition) is 0. The van der Waals surface area contributed by atoms with Crippen molar-refractivity contribution in [3.63, 3.8) is 0 Å². The van der Waals surface area contributed by atoms with Gasteiger partial charge in [-0.3, -0.25) is 4.98 Å². The standard InChI is InChI=1S/C24H35N/c1-8-14-24(6,7)19-12-11-18(9-2)21(16-19)22-17-20(13-15-25-22)23(4,5)10-3/h11-13,15-17H,8-10,14H2,1-7H3. The zero-order chi connectivity index (χ0) is 18.7. The predicted octanol–water partition coefficient (Wildman–Crippen LogP) is 7.08. The van der Waals surface area contributed by atoms with E-state index in [0.29, 0.717) is 0 Å². The fraction of sp³-hybridized carbons (Fsp3) is 0.542. The van der Waals surface area contributed by atoms with Gasteiger partial charge in [0.15, 0.2) is 0 Å². The molecule has 25 heavy (non-hydrogen) atoms. The van der Waals surface area contributed by atoms with Crippen LogP contribution in [-0.4, -0.2) is 4.98 Å². The van der Waals surface area contributed by atoms with Gasteiger partial charge in [0.2, 0.25) is 0 Å². The van der Waals surface area contributed by atoms with E-state index in [-0.39, 0.29) is 10.8 Å². The van der Waals surface area contributed by atoms with Crippen molar-refractivity contribution in [1.82, 2.24) is 4.98 Å². The van der Waals surface area contributed by atoms with E-state index in [1.165, 1.54) is 35.1 Å². The molecule has 2 aromatic rings. The molecule has 0 amide bonds. The van der Waals surface area contributed by atoms with Crippen LogP contribution in [0, 0.1) is 0 Å². The van der Waals surface area contributed by atoms with Crippen LogP contribution in [0.5, 0.6) is 0 Å². The third-order valence-corrected chi connectivity index (χ3v) is 5.85. The van der Waals surface area contributed by atoms with Gasteiger partial charge in [-0.2, -0.15) is 0 Å². The summed E-state index contributed by atoms with van der Waals surface area (Å²) < 4.78 is 0. The molecule has 0 fully saturated rings. The average Bonchev–Trinajstić information content (AvgIpc) is 2.61. The monoisotopic (exact) mass is 337 g/mol. The number of rotatable bonds is 7. The number of aromatic nitrogens is 1. The number of benzene rings is 1. The van der Waals surface area contributed by atoms with Crippen LogP contribution in [0.4, 0.5) is 0 Å². The van der Waals surface area contributed by atoms with E-state index in [1.54, 1.807) is 0 Å². The Morgan fingerprint density at radius 1 is 0.840 bits per heavy atom. The maximum absolute atomic E-state index is 4.74. The van der Waals surface area contributed by atoms with Crippen molar-refractivity contribution in [3.8, 4) is 11.3 Å². The molecule has 0 bridgehead atoms. The first-order chi connectivity index (χ1) is 11.7. The fourth-order valence-electron chi connectivity index (χ4n) is 3.52. The van der Waals surface area contributed by atoms with Gasteiger partial charge in [0.05, 0.1) is 5.69 Å². The highest BCUT2D eigenvalue weighted by Crippen LogP contribution is 2.35. The molecule has 0 saturated carbocycles. The molecule has 0 radical (unpaired) electrons. The molecule has 0 aliphatic rings. The highest BCUT2D eigenvalue weighted by Gasteiger charge is 2.22. The van der Waals surface area contributed by atoms with Gasteiger partial charge in [0.1, 0.15) is 0 Å². The molecular formula is C24H35N. The molecular weight excluding hydrogens is 302 g/mol. The molecule has 0 saturated heterocycles. The molecule has 1 nitrogen and oxygen atoms in total. The van der Waals surface area contributed by atoms with Gasteiger partial charge in [-0.15, -0.1) is 0 Å². The third-order valence-electron chi connectivity index (χ3n) is 5.85. The number of nitrogens with zero attached hydrogens (tertiary/aromatic N) is 1. The van der Waals surface area contributed by atoms with Crippen molar-refractivity contribution in [2.75, 3.05) is 0 Å². The van der Waals surface area contributed by atoms with E-state index < -0.39 is 0 Å². The molecule has 0 atom stereocenters. The highest BCUT2D eigenvalue weighted by atomic mass is 14.7. The van der Waals surface area contributed by atoms with Crippen molar-refractivity contribution < 1.29 is 0 Å². The Balaban J connectivity index is 2.56. The van der Waals surface area contributed by atoms with Crippen molar-refractivity contribution >= 4 is 0 Å². The molecule has 0 aliphatic carbocycles. The van der Waals surface area contributed by atoms with Crippen LogP contribution >= 0.6 is 0 Å². The summed E-state index contributed by atoms with van der Waals surface area (Å²) in [6.07, 6.45) is 6.55. The molecule has 0 spiro atoms. The van der Waals surface area contributed by atoms with Gasteiger partial charge in [-0.05, 0) is 65.0 Å². The number of pyridine rings is 1. The summed E-state index contributed by atoms with van der Waals surface area (Å²) in [5.74, 6) is 0. The quantitative estimate of drug-likeness (QED) is 0.526. The molecule has 0 unspecified atom stereocenters. The first-order valence-electron chi connectivity index (χ1n) is 9.85. The number of hydrogen-bond acceptors (Lipinski definition) is 1. The van der Waals surface area contributed by atoms with Gasteiger partial charge < -0.3 is 0 Å². The SMILES string of the molecule is CCCC(C)(C)c1ccc(CC)c(-c2cc(C(C)(C)CC)ccn2)c1. The lowest BCUT2D eigenvalue weighted by molar-refractivity contribution is 0.473. The van der Waals surface area contributed by atoms with Gasteiger partial charge in [0.25, 0.3) is 0 Å². The van der Waals surface area contributed by atoms with Crippen molar-refractivity contribution in [1.29, 1.82) is 0 Å². The summed E-state index contributed by atoms with van der Waals surface area (Å²) in [6.45, 7) is 16.1. The largest absolute Gasteiger partial charge is 0.256 e. The fourth-order valence-corrected chi connectivity index (χ4v) is 3.52. The molecule has 0 aliphatic heterocycles. The Hall–Kier alpha value is -1.63. The van der Waals surface area contributed by atoms with Gasteiger partial charge >= 0.3 is 0 Å².